The molecule has 1 aliphatic rings. The van der Waals surface area contributed by atoms with E-state index in [0.29, 0.717) is 117 Å². The van der Waals surface area contributed by atoms with E-state index in [0.717, 1.165) is 27.0 Å². The van der Waals surface area contributed by atoms with E-state index in [1.165, 1.54) is 7.11 Å². The molecule has 0 unspecified atom stereocenters. The summed E-state index contributed by atoms with van der Waals surface area (Å²) in [6.45, 7) is 6.25. The van der Waals surface area contributed by atoms with Gasteiger partial charge in [0, 0.05) is 60.6 Å². The predicted octanol–water partition coefficient (Wildman–Crippen LogP) is 7.33. The fourth-order valence-electron chi connectivity index (χ4n) is 8.28. The van der Waals surface area contributed by atoms with Crippen LogP contribution in [-0.4, -0.2) is 137 Å². The number of H-pyrrole nitrogens is 1. The SMILES string of the molecule is COc1cc(OCCOCCOCCOCCNC(=O)COc2cccc(CNc3cc(-c4c(C)noc4C)c[nH]c3=O)c2)ccc1NCC#Cc1cc2c(N[C@@H]3CCN(C)C[C@@H]3F)cccc2n1CC(F)(F)F. The summed E-state index contributed by atoms with van der Waals surface area (Å²) < 4.78 is 96.3. The van der Waals surface area contributed by atoms with E-state index < -0.39 is 24.9 Å². The van der Waals surface area contributed by atoms with Gasteiger partial charge in [0.25, 0.3) is 11.5 Å². The number of fused-ring (bicyclic) bond motifs is 1. The number of alkyl halides is 4. The van der Waals surface area contributed by atoms with Gasteiger partial charge in [0.05, 0.1) is 81.9 Å². The number of pyridine rings is 1. The smallest absolute Gasteiger partial charge is 0.406 e. The van der Waals surface area contributed by atoms with E-state index in [1.54, 1.807) is 66.9 Å². The maximum atomic E-state index is 14.9. The van der Waals surface area contributed by atoms with Crippen LogP contribution in [0.2, 0.25) is 0 Å². The molecule has 0 aliphatic carbocycles. The van der Waals surface area contributed by atoms with Gasteiger partial charge in [-0.15, -0.1) is 0 Å². The van der Waals surface area contributed by atoms with Crippen molar-refractivity contribution in [2.45, 2.75) is 51.7 Å². The number of aryl methyl sites for hydroxylation is 2. The number of nitrogens with zero attached hydrogens (tertiary/aromatic N) is 3. The third-order valence-corrected chi connectivity index (χ3v) is 11.9. The van der Waals surface area contributed by atoms with Crippen LogP contribution in [0.1, 0.15) is 29.1 Å². The Balaban J connectivity index is 0.732. The number of anilines is 3. The monoisotopic (exact) mass is 1030 g/mol. The Kier molecular flexibility index (Phi) is 19.6. The Morgan fingerprint density at radius 3 is 2.39 bits per heavy atom. The average Bonchev–Trinajstić information content (AvgIpc) is 3.90. The topological polar surface area (TPSA) is 188 Å². The normalized spacial score (nSPS) is 14.8. The van der Waals surface area contributed by atoms with Crippen molar-refractivity contribution in [2.75, 3.05) is 109 Å². The summed E-state index contributed by atoms with van der Waals surface area (Å²) in [5, 5.41) is 16.9. The maximum absolute atomic E-state index is 14.9. The fourth-order valence-corrected chi connectivity index (χ4v) is 8.28. The summed E-state index contributed by atoms with van der Waals surface area (Å²) in [4.78, 5) is 29.5. The molecule has 3 aromatic carbocycles. The van der Waals surface area contributed by atoms with Gasteiger partial charge in [-0.3, -0.25) is 9.59 Å². The van der Waals surface area contributed by atoms with Crippen molar-refractivity contribution in [1.82, 2.24) is 24.9 Å². The van der Waals surface area contributed by atoms with E-state index in [4.69, 9.17) is 32.9 Å². The lowest BCUT2D eigenvalue weighted by Gasteiger charge is -2.33. The zero-order valence-electron chi connectivity index (χ0n) is 41.8. The first-order valence-corrected chi connectivity index (χ1v) is 24.2. The van der Waals surface area contributed by atoms with Gasteiger partial charge in [0.2, 0.25) is 0 Å². The molecule has 396 valence electrons. The number of nitrogens with one attached hydrogen (secondary N) is 5. The number of carbonyl (C=O) groups excluding carboxylic acids is 1. The molecule has 6 aromatic rings. The molecule has 1 aliphatic heterocycles. The molecule has 7 rings (SSSR count). The zero-order chi connectivity index (χ0) is 52.5. The van der Waals surface area contributed by atoms with Gasteiger partial charge in [-0.25, -0.2) is 4.39 Å². The molecule has 17 nitrogen and oxygen atoms in total. The van der Waals surface area contributed by atoms with E-state index in [2.05, 4.69) is 43.2 Å². The van der Waals surface area contributed by atoms with Gasteiger partial charge in [0.1, 0.15) is 48.0 Å². The van der Waals surface area contributed by atoms with Crippen LogP contribution < -0.4 is 41.0 Å². The minimum Gasteiger partial charge on any atom is -0.494 e. The molecule has 0 saturated carbocycles. The standard InChI is InChI=1S/C53H62F4N8O9/c1-35-51(36(2)74-63-35)38-27-47(52(67)61-31-38)60-30-37-8-5-10-40(26-37)73-33-50(66)59-17-19-69-20-21-70-22-23-71-24-25-72-41-13-14-46(49(29-41)68-4)58-16-7-9-39-28-42-44(62-45-15-18-64(3)32-43(45)54)11-6-12-48(42)65(39)34-53(55,56)57/h5-6,8,10-14,26-29,31,43,45,58,60,62H,15-25,30,32-34H2,1-4H3,(H,59,66)(H,61,67)/t43-,45+/m0/s1. The number of hydrogen-bond acceptors (Lipinski definition) is 14. The summed E-state index contributed by atoms with van der Waals surface area (Å²) in [6, 6.07) is 20.4. The van der Waals surface area contributed by atoms with Crippen LogP contribution in [0.5, 0.6) is 17.2 Å². The number of aromatic amines is 1. The van der Waals surface area contributed by atoms with Crippen molar-refractivity contribution < 1.29 is 55.3 Å². The van der Waals surface area contributed by atoms with Crippen molar-refractivity contribution in [1.29, 1.82) is 0 Å². The molecule has 0 radical (unpaired) electrons. The number of carbonyl (C=O) groups is 1. The highest BCUT2D eigenvalue weighted by atomic mass is 19.4. The average molecular weight is 1030 g/mol. The summed E-state index contributed by atoms with van der Waals surface area (Å²) in [5.74, 6) is 7.73. The Hall–Kier alpha value is -7.25. The van der Waals surface area contributed by atoms with Crippen molar-refractivity contribution in [3.8, 4) is 40.2 Å². The Morgan fingerprint density at radius 2 is 1.65 bits per heavy atom. The molecule has 0 spiro atoms. The quantitative estimate of drug-likeness (QED) is 0.0207. The van der Waals surface area contributed by atoms with Crippen molar-refractivity contribution in [3.63, 3.8) is 0 Å². The number of halogens is 4. The highest BCUT2D eigenvalue weighted by molar-refractivity contribution is 5.94. The summed E-state index contributed by atoms with van der Waals surface area (Å²) in [6.07, 6.45) is -3.40. The number of hydrogen-bond donors (Lipinski definition) is 5. The van der Waals surface area contributed by atoms with E-state index in [1.807, 2.05) is 37.9 Å². The highest BCUT2D eigenvalue weighted by Gasteiger charge is 2.31. The van der Waals surface area contributed by atoms with Crippen LogP contribution in [0.4, 0.5) is 34.6 Å². The number of piperidine rings is 1. The van der Waals surface area contributed by atoms with E-state index in [-0.39, 0.29) is 43.5 Å². The van der Waals surface area contributed by atoms with Crippen LogP contribution >= 0.6 is 0 Å². The number of rotatable bonds is 26. The largest absolute Gasteiger partial charge is 0.494 e. The van der Waals surface area contributed by atoms with Crippen LogP contribution in [0.15, 0.2) is 88.3 Å². The first-order valence-electron chi connectivity index (χ1n) is 24.2. The second-order valence-electron chi connectivity index (χ2n) is 17.5. The highest BCUT2D eigenvalue weighted by Crippen LogP contribution is 2.33. The molecule has 0 bridgehead atoms. The second-order valence-corrected chi connectivity index (χ2v) is 17.5. The van der Waals surface area contributed by atoms with Gasteiger partial charge >= 0.3 is 6.18 Å². The molecular weight excluding hydrogens is 969 g/mol. The van der Waals surface area contributed by atoms with E-state index >= 15 is 0 Å². The summed E-state index contributed by atoms with van der Waals surface area (Å²) in [5.41, 5.74) is 5.04. The number of amides is 1. The molecule has 2 atom stereocenters. The maximum Gasteiger partial charge on any atom is 0.406 e. The fraction of sp³-hybridized carbons (Fsp3) is 0.415. The first kappa shape index (κ1) is 54.5. The Morgan fingerprint density at radius 1 is 0.892 bits per heavy atom. The van der Waals surface area contributed by atoms with Crippen LogP contribution in [-0.2, 0) is 32.1 Å². The number of ether oxygens (including phenoxy) is 6. The lowest BCUT2D eigenvalue weighted by Crippen LogP contribution is -2.46. The molecule has 4 heterocycles. The summed E-state index contributed by atoms with van der Waals surface area (Å²) >= 11 is 0. The van der Waals surface area contributed by atoms with Gasteiger partial charge in [-0.05, 0) is 87.3 Å². The number of benzene rings is 3. The molecule has 3 aromatic heterocycles. The van der Waals surface area contributed by atoms with Crippen molar-refractivity contribution in [3.05, 3.63) is 112 Å². The minimum absolute atomic E-state index is 0.111. The minimum atomic E-state index is -4.49. The van der Waals surface area contributed by atoms with Crippen molar-refractivity contribution >= 4 is 33.9 Å². The Bertz CT molecular complexity index is 2890. The molecular formula is C53H62F4N8O9. The lowest BCUT2D eigenvalue weighted by molar-refractivity contribution is -0.140. The second kappa shape index (κ2) is 26.6. The third kappa shape index (κ3) is 15.9. The third-order valence-electron chi connectivity index (χ3n) is 11.9. The predicted molar refractivity (Wildman–Crippen MR) is 273 cm³/mol. The van der Waals surface area contributed by atoms with Gasteiger partial charge in [0.15, 0.2) is 6.61 Å². The molecule has 5 N–H and O–H groups in total. The Labute approximate surface area is 426 Å². The molecule has 74 heavy (non-hydrogen) atoms. The van der Waals surface area contributed by atoms with E-state index in [9.17, 15) is 27.2 Å². The molecule has 21 heteroatoms. The van der Waals surface area contributed by atoms with Crippen LogP contribution in [0.25, 0.3) is 22.0 Å². The summed E-state index contributed by atoms with van der Waals surface area (Å²) in [7, 11) is 3.37. The van der Waals surface area contributed by atoms with Crippen LogP contribution in [0.3, 0.4) is 0 Å². The van der Waals surface area contributed by atoms with Gasteiger partial charge in [-0.1, -0.05) is 29.3 Å². The first-order chi connectivity index (χ1) is 35.7. The van der Waals surface area contributed by atoms with Gasteiger partial charge in [-0.2, -0.15) is 13.2 Å². The van der Waals surface area contributed by atoms with Gasteiger partial charge < -0.3 is 68.7 Å². The van der Waals surface area contributed by atoms with Crippen LogP contribution in [0, 0.1) is 25.7 Å². The van der Waals surface area contributed by atoms with Crippen molar-refractivity contribution in [2.24, 2.45) is 0 Å². The number of likely N-dealkylation sites (tertiary alicyclic amines) is 1. The molecule has 1 amide bonds. The lowest BCUT2D eigenvalue weighted by atomic mass is 10.0. The zero-order valence-corrected chi connectivity index (χ0v) is 41.8. The number of methoxy groups -OCH3 is 1. The molecule has 1 saturated heterocycles. The molecule has 1 fully saturated rings. The number of aromatic nitrogens is 3.